The van der Waals surface area contributed by atoms with Gasteiger partial charge in [-0.3, -0.25) is 9.89 Å². The van der Waals surface area contributed by atoms with Gasteiger partial charge in [-0.05, 0) is 6.07 Å². The van der Waals surface area contributed by atoms with Crippen LogP contribution in [0.3, 0.4) is 0 Å². The maximum absolute atomic E-state index is 12.4. The summed E-state index contributed by atoms with van der Waals surface area (Å²) in [6, 6.07) is 17.4. The average Bonchev–Trinajstić information content (AvgIpc) is 3.46. The highest BCUT2D eigenvalue weighted by Gasteiger charge is 2.14. The molecular weight excluding hydrogens is 418 g/mol. The second-order valence-electron chi connectivity index (χ2n) is 6.64. The van der Waals surface area contributed by atoms with Crippen LogP contribution in [0.4, 0.5) is 0 Å². The van der Waals surface area contributed by atoms with Gasteiger partial charge in [0.1, 0.15) is 0 Å². The van der Waals surface area contributed by atoms with E-state index < -0.39 is 0 Å². The molecule has 0 amide bonds. The number of fused-ring (bicyclic) bond motifs is 4. The Morgan fingerprint density at radius 3 is 2.63 bits per heavy atom. The van der Waals surface area contributed by atoms with E-state index >= 15 is 0 Å². The number of aromatic amines is 1. The predicted octanol–water partition coefficient (Wildman–Crippen LogP) is 3.63. The average molecular weight is 432 g/mol. The highest BCUT2D eigenvalue weighted by atomic mass is 32.2. The second kappa shape index (κ2) is 6.78. The Morgan fingerprint density at radius 1 is 1.00 bits per heavy atom. The molecule has 0 aliphatic rings. The van der Waals surface area contributed by atoms with E-state index in [1.807, 2.05) is 54.7 Å². The van der Waals surface area contributed by atoms with Gasteiger partial charge in [0.05, 0.1) is 23.0 Å². The standard InChI is InChI=1S/C20H13N7OS2/c28-18-14-9-5-4-8-13(14)17-23-22-16(27(17)24-18)11-29-20-25-26-10-15(21-19(26)30-20)12-6-2-1-3-7-12/h1-10H,11H2,(H,24,28). The number of nitrogens with one attached hydrogen (secondary N) is 1. The van der Waals surface area contributed by atoms with Gasteiger partial charge in [-0.2, -0.15) is 0 Å². The van der Waals surface area contributed by atoms with E-state index in [1.54, 1.807) is 15.1 Å². The molecule has 0 atom stereocenters. The normalized spacial score (nSPS) is 11.7. The van der Waals surface area contributed by atoms with E-state index in [2.05, 4.69) is 25.4 Å². The maximum Gasteiger partial charge on any atom is 0.270 e. The van der Waals surface area contributed by atoms with Crippen LogP contribution >= 0.6 is 23.1 Å². The van der Waals surface area contributed by atoms with Gasteiger partial charge in [-0.15, -0.1) is 15.3 Å². The van der Waals surface area contributed by atoms with E-state index in [1.165, 1.54) is 23.1 Å². The van der Waals surface area contributed by atoms with Gasteiger partial charge in [0.2, 0.25) is 4.96 Å². The van der Waals surface area contributed by atoms with Crippen molar-refractivity contribution in [1.82, 2.24) is 34.4 Å². The summed E-state index contributed by atoms with van der Waals surface area (Å²) in [5.74, 6) is 1.19. The molecule has 0 saturated heterocycles. The van der Waals surface area contributed by atoms with Gasteiger partial charge >= 0.3 is 0 Å². The smallest absolute Gasteiger partial charge is 0.267 e. The lowest BCUT2D eigenvalue weighted by Gasteiger charge is -2.01. The Hall–Kier alpha value is -3.50. The Bertz CT molecular complexity index is 1550. The summed E-state index contributed by atoms with van der Waals surface area (Å²) in [5, 5.41) is 17.4. The molecule has 0 fully saturated rings. The van der Waals surface area contributed by atoms with E-state index in [-0.39, 0.29) is 5.56 Å². The van der Waals surface area contributed by atoms with E-state index in [9.17, 15) is 4.79 Å². The second-order valence-corrected chi connectivity index (χ2v) is 8.82. The minimum absolute atomic E-state index is 0.162. The van der Waals surface area contributed by atoms with Gasteiger partial charge in [-0.1, -0.05) is 71.6 Å². The molecule has 2 aromatic carbocycles. The Labute approximate surface area is 177 Å². The summed E-state index contributed by atoms with van der Waals surface area (Å²) < 4.78 is 4.33. The lowest BCUT2D eigenvalue weighted by Crippen LogP contribution is -2.13. The third kappa shape index (κ3) is 2.80. The van der Waals surface area contributed by atoms with Gasteiger partial charge in [-0.25, -0.2) is 14.0 Å². The van der Waals surface area contributed by atoms with Gasteiger partial charge in [0.15, 0.2) is 15.8 Å². The lowest BCUT2D eigenvalue weighted by atomic mass is 10.2. The number of benzene rings is 2. The van der Waals surface area contributed by atoms with Gasteiger partial charge < -0.3 is 0 Å². The zero-order chi connectivity index (χ0) is 20.1. The van der Waals surface area contributed by atoms with E-state index in [0.717, 1.165) is 25.9 Å². The van der Waals surface area contributed by atoms with Crippen molar-refractivity contribution < 1.29 is 0 Å². The predicted molar refractivity (Wildman–Crippen MR) is 117 cm³/mol. The van der Waals surface area contributed by atoms with Crippen LogP contribution in [0.5, 0.6) is 0 Å². The van der Waals surface area contributed by atoms with Crippen molar-refractivity contribution in [2.45, 2.75) is 10.1 Å². The first-order valence-corrected chi connectivity index (χ1v) is 11.0. The zero-order valence-corrected chi connectivity index (χ0v) is 17.0. The summed E-state index contributed by atoms with van der Waals surface area (Å²) >= 11 is 3.06. The zero-order valence-electron chi connectivity index (χ0n) is 15.4. The molecule has 0 unspecified atom stereocenters. The molecule has 0 aliphatic carbocycles. The van der Waals surface area contributed by atoms with Crippen molar-refractivity contribution in [3.8, 4) is 11.3 Å². The first-order chi connectivity index (χ1) is 14.8. The molecule has 6 rings (SSSR count). The van der Waals surface area contributed by atoms with E-state index in [0.29, 0.717) is 22.6 Å². The fourth-order valence-corrected chi connectivity index (χ4v) is 5.19. The molecule has 0 spiro atoms. The maximum atomic E-state index is 12.4. The first kappa shape index (κ1) is 17.4. The monoisotopic (exact) mass is 431 g/mol. The number of thioether (sulfide) groups is 1. The summed E-state index contributed by atoms with van der Waals surface area (Å²) in [4.78, 5) is 17.9. The van der Waals surface area contributed by atoms with Crippen molar-refractivity contribution in [3.63, 3.8) is 0 Å². The summed E-state index contributed by atoms with van der Waals surface area (Å²) in [7, 11) is 0. The number of hydrogen-bond donors (Lipinski definition) is 1. The molecule has 146 valence electrons. The Balaban J connectivity index is 1.29. The molecule has 10 heteroatoms. The number of H-pyrrole nitrogens is 1. The topological polar surface area (TPSA) is 93.2 Å². The van der Waals surface area contributed by atoms with Crippen LogP contribution in [-0.4, -0.2) is 34.4 Å². The number of aromatic nitrogens is 7. The lowest BCUT2D eigenvalue weighted by molar-refractivity contribution is 0.852. The fourth-order valence-electron chi connectivity index (χ4n) is 3.35. The molecule has 1 N–H and O–H groups in total. The Morgan fingerprint density at radius 2 is 1.80 bits per heavy atom. The molecule has 0 saturated carbocycles. The number of rotatable bonds is 4. The molecule has 4 aromatic heterocycles. The van der Waals surface area contributed by atoms with Crippen molar-refractivity contribution >= 4 is 44.5 Å². The molecule has 8 nitrogen and oxygen atoms in total. The highest BCUT2D eigenvalue weighted by molar-refractivity contribution is 8.00. The number of hydrogen-bond acceptors (Lipinski definition) is 7. The van der Waals surface area contributed by atoms with Crippen molar-refractivity contribution in [3.05, 3.63) is 77.0 Å². The van der Waals surface area contributed by atoms with E-state index in [4.69, 9.17) is 0 Å². The summed E-state index contributed by atoms with van der Waals surface area (Å²) in [6.07, 6.45) is 1.93. The molecule has 6 aromatic rings. The molecule has 0 aliphatic heterocycles. The largest absolute Gasteiger partial charge is 0.270 e. The van der Waals surface area contributed by atoms with Crippen LogP contribution in [0.25, 0.3) is 32.6 Å². The van der Waals surface area contributed by atoms with Crippen molar-refractivity contribution in [1.29, 1.82) is 0 Å². The number of nitrogens with zero attached hydrogens (tertiary/aromatic N) is 6. The molecule has 4 heterocycles. The first-order valence-electron chi connectivity index (χ1n) is 9.16. The van der Waals surface area contributed by atoms with Crippen molar-refractivity contribution in [2.75, 3.05) is 0 Å². The molecule has 0 bridgehead atoms. The quantitative estimate of drug-likeness (QED) is 0.429. The van der Waals surface area contributed by atoms with Crippen LogP contribution in [0, 0.1) is 0 Å². The third-order valence-electron chi connectivity index (χ3n) is 4.77. The van der Waals surface area contributed by atoms with Gasteiger partial charge in [0, 0.05) is 10.9 Å². The third-order valence-corrected chi connectivity index (χ3v) is 6.83. The highest BCUT2D eigenvalue weighted by Crippen LogP contribution is 2.29. The molecule has 0 radical (unpaired) electrons. The van der Waals surface area contributed by atoms with Crippen LogP contribution in [0.15, 0.2) is 69.9 Å². The van der Waals surface area contributed by atoms with Gasteiger partial charge in [0.25, 0.3) is 5.56 Å². The summed E-state index contributed by atoms with van der Waals surface area (Å²) in [5.41, 5.74) is 2.45. The van der Waals surface area contributed by atoms with Crippen molar-refractivity contribution in [2.24, 2.45) is 0 Å². The van der Waals surface area contributed by atoms with Crippen LogP contribution in [0.1, 0.15) is 5.82 Å². The summed E-state index contributed by atoms with van der Waals surface area (Å²) in [6.45, 7) is 0. The molecular formula is C20H13N7OS2. The number of imidazole rings is 1. The van der Waals surface area contributed by atoms with Crippen LogP contribution in [-0.2, 0) is 5.75 Å². The van der Waals surface area contributed by atoms with Crippen LogP contribution in [0.2, 0.25) is 0 Å². The minimum Gasteiger partial charge on any atom is -0.267 e. The van der Waals surface area contributed by atoms with Crippen LogP contribution < -0.4 is 5.56 Å². The SMILES string of the molecule is O=c1[nH]n2c(CSc3nn4cc(-c5ccccc5)nc4s3)nnc2c2ccccc12. The molecule has 30 heavy (non-hydrogen) atoms. The minimum atomic E-state index is -0.162. The Kier molecular flexibility index (Phi) is 3.93. The fraction of sp³-hybridized carbons (Fsp3) is 0.0500.